The van der Waals surface area contributed by atoms with Crippen molar-refractivity contribution in [1.29, 1.82) is 0 Å². The lowest BCUT2D eigenvalue weighted by atomic mass is 10.1. The Kier molecular flexibility index (Phi) is 1.39. The zero-order valence-electron chi connectivity index (χ0n) is 4.85. The molecule has 8 heavy (non-hydrogen) atoms. The minimum atomic E-state index is 0.494. The third kappa shape index (κ3) is 0.926. The molecule has 1 aromatic rings. The van der Waals surface area contributed by atoms with Crippen LogP contribution in [0.5, 0.6) is 0 Å². The molecule has 0 aliphatic heterocycles. The van der Waals surface area contributed by atoms with E-state index < -0.39 is 0 Å². The largest absolute Gasteiger partial charge is 0.476 e. The highest BCUT2D eigenvalue weighted by Crippen LogP contribution is 1.92. The number of furan rings is 1. The maximum atomic E-state index is 5.27. The summed E-state index contributed by atoms with van der Waals surface area (Å²) in [6.45, 7) is 0.494. The van der Waals surface area contributed by atoms with Gasteiger partial charge in [0.15, 0.2) is 7.85 Å². The molecule has 1 rings (SSSR count). The second kappa shape index (κ2) is 2.05. The first kappa shape index (κ1) is 5.44. The summed E-state index contributed by atoms with van der Waals surface area (Å²) in [6.07, 6.45) is 0. The maximum Gasteiger partial charge on any atom is 0.186 e. The third-order valence-corrected chi connectivity index (χ3v) is 0.997. The fourth-order valence-electron chi connectivity index (χ4n) is 0.595. The van der Waals surface area contributed by atoms with E-state index >= 15 is 0 Å². The van der Waals surface area contributed by atoms with Crippen LogP contribution in [-0.2, 0) is 6.54 Å². The van der Waals surface area contributed by atoms with Gasteiger partial charge in [-0.1, -0.05) is 0 Å². The summed E-state index contributed by atoms with van der Waals surface area (Å²) >= 11 is 0. The summed E-state index contributed by atoms with van der Waals surface area (Å²) in [4.78, 5) is 0. The van der Waals surface area contributed by atoms with Crippen LogP contribution in [-0.4, -0.2) is 7.85 Å². The predicted octanol–water partition coefficient (Wildman–Crippen LogP) is -1.00. The SMILES string of the molecule is Bc1ccc(CN)o1. The Labute approximate surface area is 49.1 Å². The van der Waals surface area contributed by atoms with Crippen LogP contribution in [0.2, 0.25) is 0 Å². The predicted molar refractivity (Wildman–Crippen MR) is 34.8 cm³/mol. The highest BCUT2D eigenvalue weighted by atomic mass is 16.3. The molecule has 42 valence electrons. The van der Waals surface area contributed by atoms with Crippen LogP contribution < -0.4 is 11.4 Å². The van der Waals surface area contributed by atoms with E-state index in [1.165, 1.54) is 0 Å². The molecule has 2 N–H and O–H groups in total. The molecule has 3 heteroatoms. The second-order valence-electron chi connectivity index (χ2n) is 1.72. The Morgan fingerprint density at radius 3 is 2.62 bits per heavy atom. The smallest absolute Gasteiger partial charge is 0.186 e. The van der Waals surface area contributed by atoms with Crippen molar-refractivity contribution in [3.63, 3.8) is 0 Å². The molecule has 0 unspecified atom stereocenters. The van der Waals surface area contributed by atoms with Crippen molar-refractivity contribution in [2.45, 2.75) is 6.54 Å². The van der Waals surface area contributed by atoms with Gasteiger partial charge in [0.1, 0.15) is 5.76 Å². The van der Waals surface area contributed by atoms with Crippen molar-refractivity contribution in [2.75, 3.05) is 0 Å². The van der Waals surface area contributed by atoms with E-state index in [1.54, 1.807) is 0 Å². The first-order valence-corrected chi connectivity index (χ1v) is 2.58. The van der Waals surface area contributed by atoms with Crippen LogP contribution >= 0.6 is 0 Å². The van der Waals surface area contributed by atoms with Gasteiger partial charge in [0.25, 0.3) is 0 Å². The lowest BCUT2D eigenvalue weighted by molar-refractivity contribution is 0.541. The fourth-order valence-corrected chi connectivity index (χ4v) is 0.595. The number of hydrogen-bond acceptors (Lipinski definition) is 2. The van der Waals surface area contributed by atoms with Crippen LogP contribution in [0.1, 0.15) is 5.76 Å². The Bertz CT molecular complexity index is 173. The van der Waals surface area contributed by atoms with Crippen LogP contribution in [0, 0.1) is 0 Å². The molecule has 0 fully saturated rings. The third-order valence-electron chi connectivity index (χ3n) is 0.997. The molecule has 1 aromatic heterocycles. The first-order valence-electron chi connectivity index (χ1n) is 2.58. The highest BCUT2D eigenvalue weighted by Gasteiger charge is 1.91. The Morgan fingerprint density at radius 1 is 1.62 bits per heavy atom. The molecule has 0 saturated heterocycles. The van der Waals surface area contributed by atoms with Gasteiger partial charge in [0, 0.05) is 0 Å². The molecule has 0 amide bonds. The Morgan fingerprint density at radius 2 is 2.38 bits per heavy atom. The van der Waals surface area contributed by atoms with Gasteiger partial charge >= 0.3 is 0 Å². The van der Waals surface area contributed by atoms with Crippen molar-refractivity contribution in [3.8, 4) is 0 Å². The molecule has 0 bridgehead atoms. The van der Waals surface area contributed by atoms with Crippen molar-refractivity contribution >= 4 is 13.5 Å². The number of hydrogen-bond donors (Lipinski definition) is 1. The molecule has 0 radical (unpaired) electrons. The van der Waals surface area contributed by atoms with Gasteiger partial charge in [-0.2, -0.15) is 0 Å². The number of rotatable bonds is 1. The monoisotopic (exact) mass is 109 g/mol. The summed E-state index contributed by atoms with van der Waals surface area (Å²) < 4.78 is 5.11. The molecular formula is C5H8BNO. The van der Waals surface area contributed by atoms with Gasteiger partial charge in [-0.15, -0.1) is 0 Å². The topological polar surface area (TPSA) is 39.2 Å². The van der Waals surface area contributed by atoms with Crippen molar-refractivity contribution in [1.82, 2.24) is 0 Å². The lowest BCUT2D eigenvalue weighted by Crippen LogP contribution is -1.97. The quantitative estimate of drug-likeness (QED) is 0.469. The second-order valence-corrected chi connectivity index (χ2v) is 1.72. The Hall–Kier alpha value is -0.695. The highest BCUT2D eigenvalue weighted by molar-refractivity contribution is 6.29. The molecule has 0 saturated carbocycles. The average Bonchev–Trinajstić information content (AvgIpc) is 2.14. The maximum absolute atomic E-state index is 5.27. The molecule has 1 heterocycles. The van der Waals surface area contributed by atoms with E-state index in [1.807, 2.05) is 20.0 Å². The fraction of sp³-hybridized carbons (Fsp3) is 0.200. The summed E-state index contributed by atoms with van der Waals surface area (Å²) in [5.74, 6) is 0.850. The molecule has 0 spiro atoms. The zero-order chi connectivity index (χ0) is 5.98. The van der Waals surface area contributed by atoms with E-state index in [9.17, 15) is 0 Å². The van der Waals surface area contributed by atoms with E-state index in [4.69, 9.17) is 10.2 Å². The van der Waals surface area contributed by atoms with Crippen molar-refractivity contribution < 1.29 is 4.42 Å². The van der Waals surface area contributed by atoms with Crippen LogP contribution in [0.25, 0.3) is 0 Å². The van der Waals surface area contributed by atoms with Gasteiger partial charge < -0.3 is 10.2 Å². The molecular weight excluding hydrogens is 101 g/mol. The van der Waals surface area contributed by atoms with E-state index in [-0.39, 0.29) is 0 Å². The summed E-state index contributed by atoms with van der Waals surface area (Å²) in [5, 5.41) is 0. The van der Waals surface area contributed by atoms with Crippen molar-refractivity contribution in [3.05, 3.63) is 17.9 Å². The molecule has 2 nitrogen and oxygen atoms in total. The van der Waals surface area contributed by atoms with Crippen LogP contribution in [0.15, 0.2) is 16.5 Å². The van der Waals surface area contributed by atoms with Crippen molar-refractivity contribution in [2.24, 2.45) is 5.73 Å². The van der Waals surface area contributed by atoms with Crippen LogP contribution in [0.3, 0.4) is 0 Å². The van der Waals surface area contributed by atoms with Gasteiger partial charge in [-0.25, -0.2) is 0 Å². The average molecular weight is 109 g/mol. The summed E-state index contributed by atoms with van der Waals surface area (Å²) in [5.41, 5.74) is 6.19. The lowest BCUT2D eigenvalue weighted by Gasteiger charge is -1.83. The standard InChI is InChI=1S/C5H8BNO/c6-5-2-1-4(3-7)8-5/h1-2H,3,6-7H2. The van der Waals surface area contributed by atoms with E-state index in [2.05, 4.69) is 0 Å². The zero-order valence-corrected chi connectivity index (χ0v) is 4.85. The van der Waals surface area contributed by atoms with Gasteiger partial charge in [-0.3, -0.25) is 0 Å². The van der Waals surface area contributed by atoms with Gasteiger partial charge in [0.2, 0.25) is 0 Å². The summed E-state index contributed by atoms with van der Waals surface area (Å²) in [7, 11) is 1.90. The number of nitrogens with two attached hydrogens (primary N) is 1. The first-order chi connectivity index (χ1) is 3.83. The van der Waals surface area contributed by atoms with Gasteiger partial charge in [0.05, 0.1) is 12.2 Å². The minimum absolute atomic E-state index is 0.494. The van der Waals surface area contributed by atoms with E-state index in [0.717, 1.165) is 11.4 Å². The van der Waals surface area contributed by atoms with Gasteiger partial charge in [-0.05, 0) is 12.1 Å². The summed E-state index contributed by atoms with van der Waals surface area (Å²) in [6, 6.07) is 3.79. The molecule has 0 aliphatic carbocycles. The molecule has 0 atom stereocenters. The van der Waals surface area contributed by atoms with Crippen LogP contribution in [0.4, 0.5) is 0 Å². The Balaban J connectivity index is 2.84. The minimum Gasteiger partial charge on any atom is -0.476 e. The van der Waals surface area contributed by atoms with E-state index in [0.29, 0.717) is 6.54 Å². The molecule has 0 aromatic carbocycles. The normalized spacial score (nSPS) is 9.62. The molecule has 0 aliphatic rings.